The van der Waals surface area contributed by atoms with E-state index >= 15 is 0 Å². The zero-order valence-corrected chi connectivity index (χ0v) is 12.7. The van der Waals surface area contributed by atoms with Gasteiger partial charge in [-0.15, -0.1) is 11.3 Å². The van der Waals surface area contributed by atoms with Crippen molar-refractivity contribution in [3.63, 3.8) is 0 Å². The van der Waals surface area contributed by atoms with Gasteiger partial charge in [0.25, 0.3) is 0 Å². The minimum absolute atomic E-state index is 0.304. The molecule has 0 aliphatic rings. The predicted molar refractivity (Wildman–Crippen MR) is 80.1 cm³/mol. The number of anilines is 1. The number of carbonyl (C=O) groups is 2. The van der Waals surface area contributed by atoms with Gasteiger partial charge >= 0.3 is 0 Å². The molecule has 1 aromatic heterocycles. The molecule has 1 amide bonds. The number of halogens is 1. The number of benzene rings is 1. The summed E-state index contributed by atoms with van der Waals surface area (Å²) in [6, 6.07) is 6.77. The summed E-state index contributed by atoms with van der Waals surface area (Å²) in [5.41, 5.74) is 0.819. The van der Waals surface area contributed by atoms with Gasteiger partial charge in [-0.2, -0.15) is 5.26 Å². The van der Waals surface area contributed by atoms with E-state index < -0.39 is 23.4 Å². The number of amides is 1. The predicted octanol–water partition coefficient (Wildman–Crippen LogP) is 2.86. The molecule has 0 radical (unpaired) electrons. The summed E-state index contributed by atoms with van der Waals surface area (Å²) in [5.74, 6) is -3.24. The van der Waals surface area contributed by atoms with Crippen molar-refractivity contribution in [2.75, 3.05) is 5.32 Å². The second-order valence-corrected chi connectivity index (χ2v) is 5.77. The highest BCUT2D eigenvalue weighted by atomic mass is 32.1. The first-order valence-corrected chi connectivity index (χ1v) is 7.18. The molecule has 22 heavy (non-hydrogen) atoms. The number of ketones is 1. The highest BCUT2D eigenvalue weighted by Gasteiger charge is 2.30. The molecule has 0 aliphatic heterocycles. The molecule has 2 aromatic rings. The number of nitrogens with one attached hydrogen (secondary N) is 1. The Balaban J connectivity index is 2.19. The Morgan fingerprint density at radius 1 is 1.32 bits per heavy atom. The number of thiazole rings is 1. The number of aromatic nitrogens is 1. The van der Waals surface area contributed by atoms with E-state index in [1.54, 1.807) is 19.9 Å². The lowest BCUT2D eigenvalue weighted by Gasteiger charge is -2.09. The average Bonchev–Trinajstić information content (AvgIpc) is 2.81. The Morgan fingerprint density at radius 3 is 2.45 bits per heavy atom. The molecule has 0 bridgehead atoms. The van der Waals surface area contributed by atoms with E-state index in [2.05, 4.69) is 10.3 Å². The number of nitrogens with zero attached hydrogens (tertiary/aromatic N) is 2. The molecule has 1 unspecified atom stereocenters. The zero-order chi connectivity index (χ0) is 16.3. The van der Waals surface area contributed by atoms with Crippen molar-refractivity contribution >= 4 is 28.7 Å². The van der Waals surface area contributed by atoms with E-state index in [1.807, 2.05) is 0 Å². The van der Waals surface area contributed by atoms with Crippen molar-refractivity contribution in [1.82, 2.24) is 4.98 Å². The topological polar surface area (TPSA) is 82.8 Å². The van der Waals surface area contributed by atoms with Gasteiger partial charge in [-0.25, -0.2) is 9.37 Å². The van der Waals surface area contributed by atoms with Crippen molar-refractivity contribution in [1.29, 1.82) is 5.26 Å². The lowest BCUT2D eigenvalue weighted by Crippen LogP contribution is -2.28. The number of aryl methyl sites for hydroxylation is 2. The summed E-state index contributed by atoms with van der Waals surface area (Å²) in [5, 5.41) is 12.3. The van der Waals surface area contributed by atoms with Crippen LogP contribution >= 0.6 is 11.3 Å². The van der Waals surface area contributed by atoms with Gasteiger partial charge in [-0.3, -0.25) is 9.59 Å². The number of nitriles is 1. The van der Waals surface area contributed by atoms with Crippen LogP contribution in [0.4, 0.5) is 10.1 Å². The highest BCUT2D eigenvalue weighted by molar-refractivity contribution is 7.13. The molecule has 0 saturated carbocycles. The van der Waals surface area contributed by atoms with Crippen LogP contribution in [0.25, 0.3) is 0 Å². The van der Waals surface area contributed by atoms with Gasteiger partial charge in [0, 0.05) is 5.69 Å². The lowest BCUT2D eigenvalue weighted by atomic mass is 10.0. The van der Waals surface area contributed by atoms with Gasteiger partial charge in [0.05, 0.1) is 21.6 Å². The molecule has 0 fully saturated rings. The smallest absolute Gasteiger partial charge is 0.249 e. The fourth-order valence-corrected chi connectivity index (χ4v) is 2.76. The van der Waals surface area contributed by atoms with Crippen LogP contribution in [0.3, 0.4) is 0 Å². The second kappa shape index (κ2) is 6.45. The summed E-state index contributed by atoms with van der Waals surface area (Å²) in [4.78, 5) is 28.8. The van der Waals surface area contributed by atoms with Crippen LogP contribution in [0, 0.1) is 36.9 Å². The molecule has 0 spiro atoms. The van der Waals surface area contributed by atoms with Gasteiger partial charge < -0.3 is 5.32 Å². The molecule has 1 heterocycles. The Kier molecular flexibility index (Phi) is 4.63. The average molecular weight is 317 g/mol. The van der Waals surface area contributed by atoms with Crippen molar-refractivity contribution in [3.05, 3.63) is 45.7 Å². The maximum absolute atomic E-state index is 12.8. The largest absolute Gasteiger partial charge is 0.325 e. The summed E-state index contributed by atoms with van der Waals surface area (Å²) in [6.07, 6.45) is 0. The number of hydrogen-bond donors (Lipinski definition) is 1. The van der Waals surface area contributed by atoms with E-state index in [0.717, 1.165) is 11.3 Å². The molecule has 1 N–H and O–H groups in total. The Labute approximate surface area is 130 Å². The summed E-state index contributed by atoms with van der Waals surface area (Å²) in [7, 11) is 0. The molecular weight excluding hydrogens is 305 g/mol. The fraction of sp³-hybridized carbons (Fsp3) is 0.200. The lowest BCUT2D eigenvalue weighted by molar-refractivity contribution is -0.117. The van der Waals surface area contributed by atoms with Crippen LogP contribution < -0.4 is 5.32 Å². The minimum atomic E-state index is -1.47. The molecule has 2 rings (SSSR count). The fourth-order valence-electron chi connectivity index (χ4n) is 1.87. The van der Waals surface area contributed by atoms with Crippen LogP contribution in [0.2, 0.25) is 0 Å². The molecule has 0 saturated heterocycles. The molecule has 0 aliphatic carbocycles. The van der Waals surface area contributed by atoms with Gasteiger partial charge in [0.1, 0.15) is 5.82 Å². The van der Waals surface area contributed by atoms with Gasteiger partial charge in [0.15, 0.2) is 5.92 Å². The molecule has 1 atom stereocenters. The first-order valence-electron chi connectivity index (χ1n) is 6.36. The van der Waals surface area contributed by atoms with Gasteiger partial charge in [-0.05, 0) is 38.1 Å². The first-order chi connectivity index (χ1) is 10.4. The third-order valence-electron chi connectivity index (χ3n) is 2.89. The van der Waals surface area contributed by atoms with Crippen LogP contribution in [-0.4, -0.2) is 16.7 Å². The highest BCUT2D eigenvalue weighted by Crippen LogP contribution is 2.22. The second-order valence-electron chi connectivity index (χ2n) is 4.57. The first kappa shape index (κ1) is 15.8. The molecule has 112 valence electrons. The van der Waals surface area contributed by atoms with E-state index in [-0.39, 0.29) is 0 Å². The molecule has 5 nitrogen and oxygen atoms in total. The molecular formula is C15H12FN3O2S. The van der Waals surface area contributed by atoms with E-state index in [1.165, 1.54) is 24.3 Å². The van der Waals surface area contributed by atoms with Crippen LogP contribution in [0.5, 0.6) is 0 Å². The Bertz CT molecular complexity index is 762. The van der Waals surface area contributed by atoms with Crippen LogP contribution in [-0.2, 0) is 4.79 Å². The quantitative estimate of drug-likeness (QED) is 0.694. The third kappa shape index (κ3) is 3.35. The van der Waals surface area contributed by atoms with Crippen molar-refractivity contribution in [3.8, 4) is 6.07 Å². The van der Waals surface area contributed by atoms with Crippen molar-refractivity contribution < 1.29 is 14.0 Å². The van der Waals surface area contributed by atoms with E-state index in [0.29, 0.717) is 21.3 Å². The number of Topliss-reactive ketones (excluding diaryl/α,β-unsaturated/α-hetero) is 1. The minimum Gasteiger partial charge on any atom is -0.325 e. The monoisotopic (exact) mass is 317 g/mol. The van der Waals surface area contributed by atoms with Crippen LogP contribution in [0.1, 0.15) is 20.4 Å². The van der Waals surface area contributed by atoms with Crippen LogP contribution in [0.15, 0.2) is 24.3 Å². The molecule has 7 heteroatoms. The summed E-state index contributed by atoms with van der Waals surface area (Å²) >= 11 is 1.15. The summed E-state index contributed by atoms with van der Waals surface area (Å²) < 4.78 is 12.8. The van der Waals surface area contributed by atoms with E-state index in [4.69, 9.17) is 5.26 Å². The standard InChI is InChI=1S/C15H12FN3O2S/c1-8-14(22-9(2)18-8)13(20)12(7-17)15(21)19-11-5-3-10(16)4-6-11/h3-6,12H,1-2H3,(H,19,21). The SMILES string of the molecule is Cc1nc(C)c(C(=O)C(C#N)C(=O)Nc2ccc(F)cc2)s1. The third-order valence-corrected chi connectivity index (χ3v) is 3.98. The van der Waals surface area contributed by atoms with Crippen molar-refractivity contribution in [2.24, 2.45) is 5.92 Å². The number of rotatable bonds is 4. The maximum Gasteiger partial charge on any atom is 0.249 e. The van der Waals surface area contributed by atoms with Gasteiger partial charge in [0.2, 0.25) is 11.7 Å². The summed E-state index contributed by atoms with van der Waals surface area (Å²) in [6.45, 7) is 3.40. The Hall–Kier alpha value is -2.59. The Morgan fingerprint density at radius 2 is 1.95 bits per heavy atom. The maximum atomic E-state index is 12.8. The zero-order valence-electron chi connectivity index (χ0n) is 11.9. The van der Waals surface area contributed by atoms with E-state index in [9.17, 15) is 14.0 Å². The number of hydrogen-bond acceptors (Lipinski definition) is 5. The normalized spacial score (nSPS) is 11.5. The number of carbonyl (C=O) groups excluding carboxylic acids is 2. The van der Waals surface area contributed by atoms with Crippen molar-refractivity contribution in [2.45, 2.75) is 13.8 Å². The van der Waals surface area contributed by atoms with Gasteiger partial charge in [-0.1, -0.05) is 0 Å². The molecule has 1 aromatic carbocycles.